The molecule has 1 saturated heterocycles. The molecule has 7 heteroatoms. The molecule has 0 aliphatic carbocycles. The monoisotopic (exact) mass is 485 g/mol. The van der Waals surface area contributed by atoms with Gasteiger partial charge in [0.05, 0.1) is 7.11 Å². The molecule has 2 amide bonds. The van der Waals surface area contributed by atoms with Crippen molar-refractivity contribution < 1.29 is 19.0 Å². The van der Waals surface area contributed by atoms with Gasteiger partial charge in [-0.25, -0.2) is 0 Å². The first kappa shape index (κ1) is 25.0. The number of nitrogens with zero attached hydrogens (tertiary/aromatic N) is 2. The first-order valence-corrected chi connectivity index (χ1v) is 12.2. The second-order valence-corrected chi connectivity index (χ2v) is 8.81. The molecule has 1 heterocycles. The predicted octanol–water partition coefficient (Wildman–Crippen LogP) is 3.87. The molecule has 0 radical (unpaired) electrons. The van der Waals surface area contributed by atoms with Gasteiger partial charge in [0.15, 0.2) is 6.04 Å². The van der Waals surface area contributed by atoms with Gasteiger partial charge in [-0.2, -0.15) is 0 Å². The van der Waals surface area contributed by atoms with E-state index in [1.807, 2.05) is 61.7 Å². The molecular formula is C29H33N4O3+. The zero-order valence-electron chi connectivity index (χ0n) is 21.2. The molecule has 0 bridgehead atoms. The van der Waals surface area contributed by atoms with E-state index in [0.29, 0.717) is 5.56 Å². The van der Waals surface area contributed by atoms with E-state index >= 15 is 0 Å². The first-order valence-electron chi connectivity index (χ1n) is 12.2. The topological polar surface area (TPSA) is 73.7 Å². The van der Waals surface area contributed by atoms with Crippen LogP contribution in [0.3, 0.4) is 0 Å². The molecule has 0 unspecified atom stereocenters. The zero-order valence-corrected chi connectivity index (χ0v) is 21.2. The molecule has 3 aromatic rings. The van der Waals surface area contributed by atoms with Gasteiger partial charge in [-0.15, -0.1) is 10.1 Å². The number of ether oxygens (including phenoxy) is 1. The average Bonchev–Trinajstić information content (AvgIpc) is 3.20. The van der Waals surface area contributed by atoms with Crippen LogP contribution in [0.5, 0.6) is 5.75 Å². The Kier molecular flexibility index (Phi) is 7.68. The van der Waals surface area contributed by atoms with E-state index in [2.05, 4.69) is 41.6 Å². The highest BCUT2D eigenvalue weighted by molar-refractivity contribution is 5.98. The van der Waals surface area contributed by atoms with Crippen LogP contribution in [0.25, 0.3) is 0 Å². The molecule has 1 aliphatic rings. The van der Waals surface area contributed by atoms with Crippen molar-refractivity contribution in [2.24, 2.45) is 0 Å². The van der Waals surface area contributed by atoms with Gasteiger partial charge in [-0.3, -0.25) is 9.59 Å². The minimum atomic E-state index is -0.779. The lowest BCUT2D eigenvalue weighted by atomic mass is 9.99. The number of amides is 2. The van der Waals surface area contributed by atoms with Gasteiger partial charge in [0.1, 0.15) is 5.75 Å². The summed E-state index contributed by atoms with van der Waals surface area (Å²) in [5, 5.41) is 2.95. The highest BCUT2D eigenvalue weighted by Crippen LogP contribution is 2.27. The van der Waals surface area contributed by atoms with Crippen LogP contribution in [0.15, 0.2) is 72.8 Å². The number of anilines is 1. The predicted molar refractivity (Wildman–Crippen MR) is 142 cm³/mol. The van der Waals surface area contributed by atoms with E-state index in [1.54, 1.807) is 23.9 Å². The molecule has 7 nitrogen and oxygen atoms in total. The number of carbonyl (C=O) groups excluding carboxylic acids is 2. The fourth-order valence-electron chi connectivity index (χ4n) is 4.43. The van der Waals surface area contributed by atoms with Gasteiger partial charge in [0.2, 0.25) is 12.3 Å². The Labute approximate surface area is 212 Å². The molecule has 1 fully saturated rings. The highest BCUT2D eigenvalue weighted by atomic mass is 16.5. The van der Waals surface area contributed by atoms with Crippen molar-refractivity contribution in [3.63, 3.8) is 0 Å². The van der Waals surface area contributed by atoms with Crippen LogP contribution < -0.4 is 20.4 Å². The maximum atomic E-state index is 13.1. The SMILES string of the molecule is CCN(CC)c1ccc(/C=[N+]2\NC(=O)[C@@H](NC(=O)c3ccc(C)cc3)[C@@H]2c2ccc(OC)cc2)cc1. The summed E-state index contributed by atoms with van der Waals surface area (Å²) in [7, 11) is 1.61. The van der Waals surface area contributed by atoms with Crippen molar-refractivity contribution in [3.8, 4) is 5.75 Å². The molecule has 0 aromatic heterocycles. The lowest BCUT2D eigenvalue weighted by molar-refractivity contribution is -0.596. The maximum Gasteiger partial charge on any atom is 0.304 e. The maximum absolute atomic E-state index is 13.1. The summed E-state index contributed by atoms with van der Waals surface area (Å²) in [6.07, 6.45) is 1.90. The summed E-state index contributed by atoms with van der Waals surface area (Å²) in [6, 6.07) is 21.8. The van der Waals surface area contributed by atoms with Crippen LogP contribution in [-0.4, -0.2) is 49.0 Å². The number of rotatable bonds is 8. The number of aryl methyl sites for hydroxylation is 1. The lowest BCUT2D eigenvalue weighted by Gasteiger charge is -2.20. The number of hydrogen-bond donors (Lipinski definition) is 2. The van der Waals surface area contributed by atoms with E-state index in [0.717, 1.165) is 41.2 Å². The number of methoxy groups -OCH3 is 1. The van der Waals surface area contributed by atoms with Crippen LogP contribution in [0.4, 0.5) is 5.69 Å². The van der Waals surface area contributed by atoms with Crippen LogP contribution >= 0.6 is 0 Å². The number of benzene rings is 3. The second-order valence-electron chi connectivity index (χ2n) is 8.81. The standard InChI is InChI=1S/C29H32N4O3/c1-5-32(6-2)24-15-9-21(10-16-24)19-33-27(22-13-17-25(36-4)18-14-22)26(29(35)31-33)30-28(34)23-11-7-20(3)8-12-23/h7-19,26-27H,5-6H2,1-4H3,(H-,30,31,34,35)/p+1/t26-,27-/m0/s1. The molecule has 4 rings (SSSR count). The quantitative estimate of drug-likeness (QED) is 0.475. The molecule has 186 valence electrons. The van der Waals surface area contributed by atoms with Gasteiger partial charge in [0, 0.05) is 35.5 Å². The summed E-state index contributed by atoms with van der Waals surface area (Å²) in [5.41, 5.74) is 7.48. The van der Waals surface area contributed by atoms with Crippen LogP contribution in [0, 0.1) is 6.92 Å². The third-order valence-corrected chi connectivity index (χ3v) is 6.50. The Morgan fingerprint density at radius 2 is 1.64 bits per heavy atom. The van der Waals surface area contributed by atoms with E-state index < -0.39 is 12.1 Å². The van der Waals surface area contributed by atoms with Crippen molar-refractivity contribution in [3.05, 3.63) is 95.1 Å². The molecular weight excluding hydrogens is 452 g/mol. The minimum Gasteiger partial charge on any atom is -0.497 e. The Morgan fingerprint density at radius 1 is 1.00 bits per heavy atom. The smallest absolute Gasteiger partial charge is 0.304 e. The summed E-state index contributed by atoms with van der Waals surface area (Å²) in [5.74, 6) is 0.158. The van der Waals surface area contributed by atoms with Crippen molar-refractivity contribution in [1.29, 1.82) is 0 Å². The Hall–Kier alpha value is -4.13. The summed E-state index contributed by atoms with van der Waals surface area (Å²) >= 11 is 0. The number of hydrogen-bond acceptors (Lipinski definition) is 4. The fourth-order valence-corrected chi connectivity index (χ4v) is 4.43. The second kappa shape index (κ2) is 11.1. The van der Waals surface area contributed by atoms with Crippen molar-refractivity contribution in [2.75, 3.05) is 25.1 Å². The third kappa shape index (κ3) is 5.40. The van der Waals surface area contributed by atoms with E-state index in [1.165, 1.54) is 0 Å². The van der Waals surface area contributed by atoms with E-state index in [9.17, 15) is 9.59 Å². The van der Waals surface area contributed by atoms with E-state index in [-0.39, 0.29) is 11.8 Å². The van der Waals surface area contributed by atoms with Crippen molar-refractivity contribution in [2.45, 2.75) is 32.9 Å². The molecule has 3 aromatic carbocycles. The van der Waals surface area contributed by atoms with Crippen LogP contribution in [-0.2, 0) is 4.79 Å². The zero-order chi connectivity index (χ0) is 25.7. The summed E-state index contributed by atoms with van der Waals surface area (Å²) < 4.78 is 7.08. The Morgan fingerprint density at radius 3 is 2.22 bits per heavy atom. The van der Waals surface area contributed by atoms with Crippen molar-refractivity contribution >= 4 is 23.7 Å². The van der Waals surface area contributed by atoms with Gasteiger partial charge in [-0.05, 0) is 81.4 Å². The van der Waals surface area contributed by atoms with Crippen LogP contribution in [0.1, 0.15) is 46.9 Å². The molecule has 2 N–H and O–H groups in total. The lowest BCUT2D eigenvalue weighted by Crippen LogP contribution is -2.42. The summed E-state index contributed by atoms with van der Waals surface area (Å²) in [6.45, 7) is 8.10. The fraction of sp³-hybridized carbons (Fsp3) is 0.276. The van der Waals surface area contributed by atoms with Gasteiger partial charge in [-0.1, -0.05) is 17.7 Å². The first-order chi connectivity index (χ1) is 17.4. The Bertz CT molecular complexity index is 1230. The molecule has 36 heavy (non-hydrogen) atoms. The van der Waals surface area contributed by atoms with Crippen molar-refractivity contribution in [1.82, 2.24) is 10.7 Å². The number of hydrazine groups is 1. The number of nitrogens with one attached hydrogen (secondary N) is 2. The third-order valence-electron chi connectivity index (χ3n) is 6.50. The van der Waals surface area contributed by atoms with E-state index in [4.69, 9.17) is 4.74 Å². The normalized spacial score (nSPS) is 18.1. The average molecular weight is 486 g/mol. The van der Waals surface area contributed by atoms with Gasteiger partial charge >= 0.3 is 5.91 Å². The van der Waals surface area contributed by atoms with Gasteiger partial charge < -0.3 is 15.0 Å². The molecule has 0 spiro atoms. The highest BCUT2D eigenvalue weighted by Gasteiger charge is 2.47. The molecule has 2 atom stereocenters. The number of carbonyl (C=O) groups is 2. The largest absolute Gasteiger partial charge is 0.497 e. The number of hydrazone groups is 1. The Balaban J connectivity index is 1.67. The summed E-state index contributed by atoms with van der Waals surface area (Å²) in [4.78, 5) is 28.4. The minimum absolute atomic E-state index is 0.271. The molecule has 0 saturated carbocycles. The van der Waals surface area contributed by atoms with Crippen LogP contribution in [0.2, 0.25) is 0 Å². The van der Waals surface area contributed by atoms with Gasteiger partial charge in [0.25, 0.3) is 5.91 Å². The molecule has 1 aliphatic heterocycles.